The van der Waals surface area contributed by atoms with Crippen molar-refractivity contribution in [1.29, 1.82) is 0 Å². The number of amides is 1. The van der Waals surface area contributed by atoms with E-state index in [-0.39, 0.29) is 23.4 Å². The number of hydrogen-bond acceptors (Lipinski definition) is 4. The van der Waals surface area contributed by atoms with Gasteiger partial charge in [0.15, 0.2) is 0 Å². The third-order valence-electron chi connectivity index (χ3n) is 5.32. The van der Waals surface area contributed by atoms with Gasteiger partial charge < -0.3 is 10.3 Å². The van der Waals surface area contributed by atoms with E-state index in [1.165, 1.54) is 12.1 Å². The largest absolute Gasteiger partial charge is 0.345 e. The number of aromatic amines is 1. The Kier molecular flexibility index (Phi) is 5.38. The van der Waals surface area contributed by atoms with Gasteiger partial charge in [-0.2, -0.15) is 4.31 Å². The molecule has 152 valence electrons. The zero-order valence-electron chi connectivity index (χ0n) is 16.3. The van der Waals surface area contributed by atoms with Gasteiger partial charge in [0, 0.05) is 18.2 Å². The van der Waals surface area contributed by atoms with E-state index in [2.05, 4.69) is 15.3 Å². The van der Waals surface area contributed by atoms with Crippen LogP contribution in [-0.2, 0) is 16.6 Å². The normalized spacial score (nSPS) is 18.0. The van der Waals surface area contributed by atoms with Crippen LogP contribution in [0, 0.1) is 0 Å². The fourth-order valence-corrected chi connectivity index (χ4v) is 5.40. The lowest BCUT2D eigenvalue weighted by Gasteiger charge is -2.32. The Balaban J connectivity index is 1.43. The summed E-state index contributed by atoms with van der Waals surface area (Å²) < 4.78 is 27.3. The highest BCUT2D eigenvalue weighted by molar-refractivity contribution is 7.89. The third kappa shape index (κ3) is 4.04. The Labute approximate surface area is 170 Å². The van der Waals surface area contributed by atoms with Crippen molar-refractivity contribution in [3.8, 4) is 0 Å². The van der Waals surface area contributed by atoms with E-state index in [0.717, 1.165) is 30.3 Å². The van der Waals surface area contributed by atoms with Crippen molar-refractivity contribution in [2.75, 3.05) is 6.54 Å². The highest BCUT2D eigenvalue weighted by Crippen LogP contribution is 2.25. The minimum atomic E-state index is -3.54. The van der Waals surface area contributed by atoms with Crippen LogP contribution in [0.3, 0.4) is 0 Å². The lowest BCUT2D eigenvalue weighted by Crippen LogP contribution is -2.41. The van der Waals surface area contributed by atoms with E-state index >= 15 is 0 Å². The molecule has 0 radical (unpaired) electrons. The molecule has 1 aliphatic rings. The van der Waals surface area contributed by atoms with Gasteiger partial charge in [0.05, 0.1) is 22.5 Å². The van der Waals surface area contributed by atoms with Gasteiger partial charge in [0.1, 0.15) is 5.82 Å². The fourth-order valence-electron chi connectivity index (χ4n) is 3.70. The molecule has 1 unspecified atom stereocenters. The Hall–Kier alpha value is -2.71. The van der Waals surface area contributed by atoms with Crippen LogP contribution in [-0.4, -0.2) is 41.2 Å². The summed E-state index contributed by atoms with van der Waals surface area (Å²) in [7, 11) is -3.54. The third-order valence-corrected chi connectivity index (χ3v) is 7.35. The number of rotatable bonds is 5. The fraction of sp³-hybridized carbons (Fsp3) is 0.333. The zero-order valence-corrected chi connectivity index (χ0v) is 17.1. The Bertz CT molecular complexity index is 1090. The molecule has 0 aliphatic carbocycles. The Morgan fingerprint density at radius 3 is 2.66 bits per heavy atom. The SMILES string of the molecule is CC1CCCCN1S(=O)(=O)c1ccc(C(=O)NCc2nc3ccccc3[nH]2)cc1. The lowest BCUT2D eigenvalue weighted by atomic mass is 10.1. The number of para-hydroxylation sites is 2. The first-order chi connectivity index (χ1) is 13.9. The second kappa shape index (κ2) is 7.96. The number of piperidine rings is 1. The molecule has 4 rings (SSSR count). The van der Waals surface area contributed by atoms with Crippen LogP contribution in [0.25, 0.3) is 11.0 Å². The van der Waals surface area contributed by atoms with E-state index in [1.54, 1.807) is 16.4 Å². The van der Waals surface area contributed by atoms with Crippen LogP contribution in [0.2, 0.25) is 0 Å². The van der Waals surface area contributed by atoms with Crippen LogP contribution in [0.1, 0.15) is 42.4 Å². The number of carbonyl (C=O) groups is 1. The van der Waals surface area contributed by atoms with Gasteiger partial charge in [-0.3, -0.25) is 4.79 Å². The van der Waals surface area contributed by atoms with Crippen LogP contribution in [0.5, 0.6) is 0 Å². The molecule has 1 saturated heterocycles. The molecule has 29 heavy (non-hydrogen) atoms. The molecule has 1 atom stereocenters. The zero-order chi connectivity index (χ0) is 20.4. The van der Waals surface area contributed by atoms with E-state index < -0.39 is 10.0 Å². The van der Waals surface area contributed by atoms with Crippen molar-refractivity contribution in [2.24, 2.45) is 0 Å². The molecule has 0 bridgehead atoms. The maximum Gasteiger partial charge on any atom is 0.251 e. The summed E-state index contributed by atoms with van der Waals surface area (Å²) >= 11 is 0. The number of imidazole rings is 1. The van der Waals surface area contributed by atoms with Gasteiger partial charge in [-0.15, -0.1) is 0 Å². The number of fused-ring (bicyclic) bond motifs is 1. The summed E-state index contributed by atoms with van der Waals surface area (Å²) in [5.74, 6) is 0.388. The predicted molar refractivity (Wildman–Crippen MR) is 111 cm³/mol. The van der Waals surface area contributed by atoms with E-state index in [9.17, 15) is 13.2 Å². The summed E-state index contributed by atoms with van der Waals surface area (Å²) in [5, 5.41) is 2.81. The number of nitrogens with one attached hydrogen (secondary N) is 2. The van der Waals surface area contributed by atoms with Gasteiger partial charge in [-0.05, 0) is 56.2 Å². The first kappa shape index (κ1) is 19.6. The molecule has 8 heteroatoms. The summed E-state index contributed by atoms with van der Waals surface area (Å²) in [4.78, 5) is 20.2. The first-order valence-electron chi connectivity index (χ1n) is 9.79. The summed E-state index contributed by atoms with van der Waals surface area (Å²) in [6, 6.07) is 13.8. The number of nitrogens with zero attached hydrogens (tertiary/aromatic N) is 2. The number of hydrogen-bond donors (Lipinski definition) is 2. The monoisotopic (exact) mass is 412 g/mol. The number of H-pyrrole nitrogens is 1. The summed E-state index contributed by atoms with van der Waals surface area (Å²) in [6.07, 6.45) is 2.81. The number of carbonyl (C=O) groups excluding carboxylic acids is 1. The minimum absolute atomic E-state index is 0.000495. The van der Waals surface area contributed by atoms with Gasteiger partial charge in [0.2, 0.25) is 10.0 Å². The minimum Gasteiger partial charge on any atom is -0.345 e. The van der Waals surface area contributed by atoms with Gasteiger partial charge in [-0.25, -0.2) is 13.4 Å². The van der Waals surface area contributed by atoms with Crippen molar-refractivity contribution in [1.82, 2.24) is 19.6 Å². The van der Waals surface area contributed by atoms with Crippen molar-refractivity contribution in [3.05, 3.63) is 59.9 Å². The summed E-state index contributed by atoms with van der Waals surface area (Å²) in [5.41, 5.74) is 2.17. The molecule has 1 amide bonds. The van der Waals surface area contributed by atoms with Gasteiger partial charge in [0.25, 0.3) is 5.91 Å². The molecule has 0 saturated carbocycles. The number of benzene rings is 2. The first-order valence-corrected chi connectivity index (χ1v) is 11.2. The van der Waals surface area contributed by atoms with Gasteiger partial charge in [-0.1, -0.05) is 18.6 Å². The molecular formula is C21H24N4O3S. The smallest absolute Gasteiger partial charge is 0.251 e. The number of aromatic nitrogens is 2. The molecular weight excluding hydrogens is 388 g/mol. The van der Waals surface area contributed by atoms with Crippen molar-refractivity contribution in [2.45, 2.75) is 43.7 Å². The molecule has 3 aromatic rings. The molecule has 2 heterocycles. The predicted octanol–water partition coefficient (Wildman–Crippen LogP) is 3.06. The average Bonchev–Trinajstić information content (AvgIpc) is 3.15. The Morgan fingerprint density at radius 2 is 1.93 bits per heavy atom. The molecule has 2 aromatic carbocycles. The maximum atomic E-state index is 12.9. The Morgan fingerprint density at radius 1 is 1.17 bits per heavy atom. The topological polar surface area (TPSA) is 95.2 Å². The standard InChI is InChI=1S/C21H24N4O3S/c1-15-6-4-5-13-25(15)29(27,28)17-11-9-16(10-12-17)21(26)22-14-20-23-18-7-2-3-8-19(18)24-20/h2-3,7-12,15H,4-6,13-14H2,1H3,(H,22,26)(H,23,24). The van der Waals surface area contributed by atoms with Crippen LogP contribution < -0.4 is 5.32 Å². The molecule has 1 fully saturated rings. The highest BCUT2D eigenvalue weighted by atomic mass is 32.2. The van der Waals surface area contributed by atoms with E-state index in [4.69, 9.17) is 0 Å². The second-order valence-corrected chi connectivity index (χ2v) is 9.26. The summed E-state index contributed by atoms with van der Waals surface area (Å²) in [6.45, 7) is 2.75. The molecule has 0 spiro atoms. The van der Waals surface area contributed by atoms with E-state index in [1.807, 2.05) is 31.2 Å². The lowest BCUT2D eigenvalue weighted by molar-refractivity contribution is 0.0950. The second-order valence-electron chi connectivity index (χ2n) is 7.37. The van der Waals surface area contributed by atoms with Gasteiger partial charge >= 0.3 is 0 Å². The van der Waals surface area contributed by atoms with Crippen LogP contribution >= 0.6 is 0 Å². The average molecular weight is 413 g/mol. The van der Waals surface area contributed by atoms with Crippen molar-refractivity contribution in [3.63, 3.8) is 0 Å². The number of sulfonamides is 1. The van der Waals surface area contributed by atoms with Crippen molar-refractivity contribution >= 4 is 27.0 Å². The molecule has 7 nitrogen and oxygen atoms in total. The maximum absolute atomic E-state index is 12.9. The molecule has 2 N–H and O–H groups in total. The molecule has 1 aliphatic heterocycles. The highest BCUT2D eigenvalue weighted by Gasteiger charge is 2.30. The van der Waals surface area contributed by atoms with E-state index in [0.29, 0.717) is 17.9 Å². The quantitative estimate of drug-likeness (QED) is 0.673. The molecule has 1 aromatic heterocycles. The van der Waals surface area contributed by atoms with Crippen LogP contribution in [0.15, 0.2) is 53.4 Å². The van der Waals surface area contributed by atoms with Crippen molar-refractivity contribution < 1.29 is 13.2 Å². The van der Waals surface area contributed by atoms with Crippen LogP contribution in [0.4, 0.5) is 0 Å².